The van der Waals surface area contributed by atoms with Gasteiger partial charge >= 0.3 is 0 Å². The maximum Gasteiger partial charge on any atom is 0.272 e. The Bertz CT molecular complexity index is 1050. The molecule has 1 N–H and O–H groups in total. The highest BCUT2D eigenvalue weighted by Gasteiger charge is 2.20. The van der Waals surface area contributed by atoms with Crippen LogP contribution >= 0.6 is 11.6 Å². The Morgan fingerprint density at radius 2 is 2.12 bits per heavy atom. The van der Waals surface area contributed by atoms with Crippen LogP contribution in [0.3, 0.4) is 0 Å². The smallest absolute Gasteiger partial charge is 0.272 e. The number of nitrogens with one attached hydrogen (secondary N) is 1. The minimum Gasteiger partial charge on any atom is -0.347 e. The molecule has 2 aromatic heterocycles. The minimum absolute atomic E-state index is 0.167. The summed E-state index contributed by atoms with van der Waals surface area (Å²) in [7, 11) is 1.83. The van der Waals surface area contributed by atoms with Crippen LogP contribution in [0.5, 0.6) is 0 Å². The summed E-state index contributed by atoms with van der Waals surface area (Å²) in [6.45, 7) is 2.01. The van der Waals surface area contributed by atoms with Crippen molar-refractivity contribution >= 4 is 34.7 Å². The van der Waals surface area contributed by atoms with Gasteiger partial charge in [-0.2, -0.15) is 0 Å². The molecule has 1 aromatic carbocycles. The number of anilines is 1. The number of aryl methyl sites for hydroxylation is 2. The standard InChI is InChI=1S/C20H17ClN4O/c1-12-8-13-9-17(24-19(13)22-11-12)15-10-14(5-6-16(15)21)23-20(26)18-4-3-7-25(18)2/h3-8,10-11H,9H2,1-2H3,(H,23,26). The lowest BCUT2D eigenvalue weighted by atomic mass is 10.0. The largest absolute Gasteiger partial charge is 0.347 e. The van der Waals surface area contributed by atoms with Gasteiger partial charge in [-0.05, 0) is 42.8 Å². The molecule has 3 heterocycles. The fourth-order valence-corrected chi connectivity index (χ4v) is 3.30. The van der Waals surface area contributed by atoms with Gasteiger partial charge in [0.05, 0.1) is 5.71 Å². The first-order chi connectivity index (χ1) is 12.5. The number of halogens is 1. The second-order valence-electron chi connectivity index (χ2n) is 6.38. The molecule has 130 valence electrons. The van der Waals surface area contributed by atoms with E-state index in [9.17, 15) is 4.79 Å². The van der Waals surface area contributed by atoms with E-state index in [1.807, 2.05) is 38.5 Å². The Hall–Kier alpha value is -2.92. The number of hydrogen-bond acceptors (Lipinski definition) is 3. The van der Waals surface area contributed by atoms with E-state index >= 15 is 0 Å². The van der Waals surface area contributed by atoms with Crippen molar-refractivity contribution in [2.75, 3.05) is 5.32 Å². The van der Waals surface area contributed by atoms with Gasteiger partial charge in [0.1, 0.15) is 5.69 Å². The molecule has 1 amide bonds. The predicted molar refractivity (Wildman–Crippen MR) is 104 cm³/mol. The normalized spacial score (nSPS) is 12.7. The van der Waals surface area contributed by atoms with Gasteiger partial charge < -0.3 is 9.88 Å². The summed E-state index contributed by atoms with van der Waals surface area (Å²) >= 11 is 6.39. The first kappa shape index (κ1) is 16.5. The molecule has 0 unspecified atom stereocenters. The van der Waals surface area contributed by atoms with E-state index in [4.69, 9.17) is 11.6 Å². The third-order valence-electron chi connectivity index (χ3n) is 4.39. The second kappa shape index (κ2) is 6.42. The van der Waals surface area contributed by atoms with Gasteiger partial charge in [0, 0.05) is 47.7 Å². The molecule has 6 heteroatoms. The first-order valence-electron chi connectivity index (χ1n) is 8.27. The predicted octanol–water partition coefficient (Wildman–Crippen LogP) is 4.31. The molecule has 5 nitrogen and oxygen atoms in total. The number of fused-ring (bicyclic) bond motifs is 1. The van der Waals surface area contributed by atoms with Crippen molar-refractivity contribution < 1.29 is 4.79 Å². The Morgan fingerprint density at radius 3 is 2.88 bits per heavy atom. The molecule has 0 atom stereocenters. The van der Waals surface area contributed by atoms with Gasteiger partial charge in [0.25, 0.3) is 5.91 Å². The number of benzene rings is 1. The average Bonchev–Trinajstić information content (AvgIpc) is 3.22. The van der Waals surface area contributed by atoms with Crippen LogP contribution in [0.4, 0.5) is 11.5 Å². The molecule has 0 radical (unpaired) electrons. The summed E-state index contributed by atoms with van der Waals surface area (Å²) in [6, 6.07) is 11.1. The van der Waals surface area contributed by atoms with Crippen LogP contribution in [0, 0.1) is 6.92 Å². The van der Waals surface area contributed by atoms with E-state index in [1.54, 1.807) is 22.8 Å². The Kier molecular flexibility index (Phi) is 4.09. The third kappa shape index (κ3) is 3.02. The summed E-state index contributed by atoms with van der Waals surface area (Å²) in [5.74, 6) is 0.569. The van der Waals surface area contributed by atoms with Gasteiger partial charge in [0.15, 0.2) is 5.82 Å². The van der Waals surface area contributed by atoms with Gasteiger partial charge in [0.2, 0.25) is 0 Å². The van der Waals surface area contributed by atoms with Crippen LogP contribution < -0.4 is 5.32 Å². The zero-order chi connectivity index (χ0) is 18.3. The molecular formula is C20H17ClN4O. The number of aromatic nitrogens is 2. The molecule has 0 fully saturated rings. The second-order valence-corrected chi connectivity index (χ2v) is 6.79. The highest BCUT2D eigenvalue weighted by Crippen LogP contribution is 2.31. The highest BCUT2D eigenvalue weighted by atomic mass is 35.5. The zero-order valence-corrected chi connectivity index (χ0v) is 15.2. The van der Waals surface area contributed by atoms with Crippen molar-refractivity contribution in [3.8, 4) is 0 Å². The number of pyridine rings is 1. The summed E-state index contributed by atoms with van der Waals surface area (Å²) in [6.07, 6.45) is 4.32. The lowest BCUT2D eigenvalue weighted by molar-refractivity contribution is 0.101. The number of aliphatic imine (C=N–C) groups is 1. The highest BCUT2D eigenvalue weighted by molar-refractivity contribution is 6.34. The molecule has 1 aliphatic rings. The van der Waals surface area contributed by atoms with E-state index in [-0.39, 0.29) is 5.91 Å². The van der Waals surface area contributed by atoms with Crippen molar-refractivity contribution in [2.24, 2.45) is 12.0 Å². The minimum atomic E-state index is -0.167. The Balaban J connectivity index is 1.62. The zero-order valence-electron chi connectivity index (χ0n) is 14.5. The molecule has 4 rings (SSSR count). The number of nitrogens with zero attached hydrogens (tertiary/aromatic N) is 3. The Morgan fingerprint density at radius 1 is 1.27 bits per heavy atom. The van der Waals surface area contributed by atoms with Crippen LogP contribution in [0.1, 0.15) is 27.2 Å². The fourth-order valence-electron chi connectivity index (χ4n) is 3.07. The topological polar surface area (TPSA) is 59.3 Å². The molecule has 1 aliphatic heterocycles. The SMILES string of the molecule is Cc1cnc2c(c1)CC(c1cc(NC(=O)c3cccn3C)ccc1Cl)=N2. The van der Waals surface area contributed by atoms with Crippen LogP contribution in [0.25, 0.3) is 0 Å². The summed E-state index contributed by atoms with van der Waals surface area (Å²) in [4.78, 5) is 21.4. The molecular weight excluding hydrogens is 348 g/mol. The maximum atomic E-state index is 12.4. The third-order valence-corrected chi connectivity index (χ3v) is 4.72. The van der Waals surface area contributed by atoms with Crippen molar-refractivity contribution in [1.82, 2.24) is 9.55 Å². The van der Waals surface area contributed by atoms with Crippen molar-refractivity contribution in [3.63, 3.8) is 0 Å². The Labute approximate surface area is 156 Å². The molecule has 26 heavy (non-hydrogen) atoms. The quantitative estimate of drug-likeness (QED) is 0.752. The van der Waals surface area contributed by atoms with Crippen molar-refractivity contribution in [1.29, 1.82) is 0 Å². The number of amides is 1. The molecule has 0 bridgehead atoms. The van der Waals surface area contributed by atoms with Crippen molar-refractivity contribution in [3.05, 3.63) is 76.2 Å². The molecule has 0 saturated carbocycles. The van der Waals surface area contributed by atoms with Crippen LogP contribution in [-0.4, -0.2) is 21.2 Å². The molecule has 0 spiro atoms. The van der Waals surface area contributed by atoms with Gasteiger partial charge in [-0.1, -0.05) is 17.7 Å². The number of hydrogen-bond donors (Lipinski definition) is 1. The number of rotatable bonds is 3. The molecule has 0 saturated heterocycles. The molecule has 0 aliphatic carbocycles. The van der Waals surface area contributed by atoms with E-state index in [2.05, 4.69) is 21.4 Å². The van der Waals surface area contributed by atoms with Gasteiger partial charge in [-0.3, -0.25) is 4.79 Å². The monoisotopic (exact) mass is 364 g/mol. The summed E-state index contributed by atoms with van der Waals surface area (Å²) in [5, 5.41) is 3.52. The average molecular weight is 365 g/mol. The lowest BCUT2D eigenvalue weighted by Gasteiger charge is -2.10. The summed E-state index contributed by atoms with van der Waals surface area (Å²) < 4.78 is 1.78. The van der Waals surface area contributed by atoms with Crippen LogP contribution in [-0.2, 0) is 13.5 Å². The van der Waals surface area contributed by atoms with Gasteiger partial charge in [-0.25, -0.2) is 9.98 Å². The number of carbonyl (C=O) groups excluding carboxylic acids is 1. The van der Waals surface area contributed by atoms with Crippen LogP contribution in [0.2, 0.25) is 5.02 Å². The summed E-state index contributed by atoms with van der Waals surface area (Å²) in [5.41, 5.74) is 5.14. The lowest BCUT2D eigenvalue weighted by Crippen LogP contribution is -2.15. The van der Waals surface area contributed by atoms with E-state index in [0.29, 0.717) is 22.8 Å². The van der Waals surface area contributed by atoms with Crippen LogP contribution in [0.15, 0.2) is 53.8 Å². The van der Waals surface area contributed by atoms with Crippen molar-refractivity contribution in [2.45, 2.75) is 13.3 Å². The first-order valence-corrected chi connectivity index (χ1v) is 8.65. The van der Waals surface area contributed by atoms with Gasteiger partial charge in [-0.15, -0.1) is 0 Å². The van der Waals surface area contributed by atoms with E-state index in [1.165, 1.54) is 0 Å². The fraction of sp³-hybridized carbons (Fsp3) is 0.150. The van der Waals surface area contributed by atoms with E-state index < -0.39 is 0 Å². The van der Waals surface area contributed by atoms with E-state index in [0.717, 1.165) is 28.2 Å². The number of carbonyl (C=O) groups is 1. The molecule has 3 aromatic rings. The maximum absolute atomic E-state index is 12.4.